The summed E-state index contributed by atoms with van der Waals surface area (Å²) in [6, 6.07) is 11.1. The van der Waals surface area contributed by atoms with Gasteiger partial charge in [0.2, 0.25) is 0 Å². The molecule has 1 aliphatic heterocycles. The second-order valence-corrected chi connectivity index (χ2v) is 10.2. The van der Waals surface area contributed by atoms with Gasteiger partial charge in [-0.1, -0.05) is 22.0 Å². The number of rotatable bonds is 12. The summed E-state index contributed by atoms with van der Waals surface area (Å²) in [5, 5.41) is 4.17. The number of aromatic nitrogens is 2. The van der Waals surface area contributed by atoms with Gasteiger partial charge in [0, 0.05) is 60.8 Å². The van der Waals surface area contributed by atoms with Crippen LogP contribution in [0.15, 0.2) is 47.2 Å². The number of hydrogen-bond acceptors (Lipinski definition) is 11. The Morgan fingerprint density at radius 3 is 2.52 bits per heavy atom. The van der Waals surface area contributed by atoms with Crippen molar-refractivity contribution in [1.82, 2.24) is 19.8 Å². The van der Waals surface area contributed by atoms with E-state index in [4.69, 9.17) is 18.9 Å². The molecule has 1 fully saturated rings. The quantitative estimate of drug-likeness (QED) is 0.301. The molecule has 1 aromatic heterocycles. The number of halogens is 1. The Bertz CT molecular complexity index is 1320. The summed E-state index contributed by atoms with van der Waals surface area (Å²) in [5.41, 5.74) is 1.63. The van der Waals surface area contributed by atoms with Gasteiger partial charge < -0.3 is 24.3 Å². The number of fused-ring (bicyclic) bond motifs is 1. The smallest absolute Gasteiger partial charge is 0.323 e. The second-order valence-electron chi connectivity index (χ2n) is 9.26. The molecule has 0 amide bonds. The minimum Gasteiger partial charge on any atom is -0.493 e. The molecule has 0 aliphatic carbocycles. The van der Waals surface area contributed by atoms with Crippen LogP contribution in [-0.2, 0) is 19.1 Å². The monoisotopic (exact) mass is 615 g/mol. The van der Waals surface area contributed by atoms with Gasteiger partial charge in [0.25, 0.3) is 0 Å². The zero-order valence-corrected chi connectivity index (χ0v) is 24.5. The van der Waals surface area contributed by atoms with Gasteiger partial charge in [-0.25, -0.2) is 9.97 Å². The summed E-state index contributed by atoms with van der Waals surface area (Å²) in [6.07, 6.45) is 2.05. The van der Waals surface area contributed by atoms with Crippen molar-refractivity contribution in [1.29, 1.82) is 0 Å². The van der Waals surface area contributed by atoms with Crippen LogP contribution in [0.2, 0.25) is 0 Å². The highest BCUT2D eigenvalue weighted by Gasteiger charge is 2.30. The number of carbonyl (C=O) groups is 2. The lowest BCUT2D eigenvalue weighted by Crippen LogP contribution is -2.53. The maximum atomic E-state index is 12.3. The van der Waals surface area contributed by atoms with E-state index in [0.29, 0.717) is 50.0 Å². The molecule has 1 saturated heterocycles. The predicted molar refractivity (Wildman–Crippen MR) is 154 cm³/mol. The van der Waals surface area contributed by atoms with E-state index in [2.05, 4.69) is 41.0 Å². The fraction of sp³-hybridized carbons (Fsp3) is 0.429. The van der Waals surface area contributed by atoms with Gasteiger partial charge in [0.15, 0.2) is 11.5 Å². The molecular weight excluding hydrogens is 582 g/mol. The van der Waals surface area contributed by atoms with Crippen molar-refractivity contribution in [2.75, 3.05) is 66.0 Å². The van der Waals surface area contributed by atoms with Crippen LogP contribution in [0.3, 0.4) is 0 Å². The number of nitrogens with one attached hydrogen (secondary N) is 1. The van der Waals surface area contributed by atoms with Crippen LogP contribution in [0.4, 0.5) is 11.5 Å². The average Bonchev–Trinajstić information content (AvgIpc) is 2.97. The Morgan fingerprint density at radius 1 is 1.02 bits per heavy atom. The molecule has 214 valence electrons. The summed E-state index contributed by atoms with van der Waals surface area (Å²) < 4.78 is 22.4. The van der Waals surface area contributed by atoms with Gasteiger partial charge in [-0.2, -0.15) is 0 Å². The van der Waals surface area contributed by atoms with E-state index < -0.39 is 6.04 Å². The lowest BCUT2D eigenvalue weighted by molar-refractivity contribution is -0.149. The van der Waals surface area contributed by atoms with Crippen molar-refractivity contribution in [3.63, 3.8) is 0 Å². The number of piperazine rings is 1. The van der Waals surface area contributed by atoms with Gasteiger partial charge in [0.05, 0.1) is 26.8 Å². The number of hydrogen-bond donors (Lipinski definition) is 1. The lowest BCUT2D eigenvalue weighted by atomic mass is 10.1. The number of ether oxygens (including phenoxy) is 4. The first kappa shape index (κ1) is 29.5. The topological polar surface area (TPSA) is 115 Å². The van der Waals surface area contributed by atoms with E-state index in [0.717, 1.165) is 34.2 Å². The van der Waals surface area contributed by atoms with Gasteiger partial charge in [0.1, 0.15) is 24.8 Å². The summed E-state index contributed by atoms with van der Waals surface area (Å²) in [5.74, 6) is 1.20. The molecule has 1 aliphatic rings. The fourth-order valence-corrected chi connectivity index (χ4v) is 5.06. The number of carbonyl (C=O) groups excluding carboxylic acids is 2. The number of esters is 2. The maximum Gasteiger partial charge on any atom is 0.323 e. The number of benzene rings is 2. The molecule has 3 aromatic rings. The van der Waals surface area contributed by atoms with Crippen LogP contribution < -0.4 is 14.8 Å². The second kappa shape index (κ2) is 14.2. The standard InChI is InChI=1S/C28H34BrN5O6/c1-37-24-17-22-21(27(31-18-30-22)32-20-6-4-5-19(29)15-20)16-25(24)40-14-13-33-9-11-34(12-10-33)23(28(36)39-3)7-8-26(35)38-2/h4-6,15-18,23H,7-14H2,1-3H3,(H,30,31,32). The van der Waals surface area contributed by atoms with E-state index in [1.165, 1.54) is 20.5 Å². The first-order valence-electron chi connectivity index (χ1n) is 13.0. The third kappa shape index (κ3) is 7.58. The van der Waals surface area contributed by atoms with Crippen LogP contribution >= 0.6 is 15.9 Å². The number of nitrogens with zero attached hydrogens (tertiary/aromatic N) is 4. The molecule has 40 heavy (non-hydrogen) atoms. The van der Waals surface area contributed by atoms with Crippen LogP contribution in [0, 0.1) is 0 Å². The van der Waals surface area contributed by atoms with Crippen molar-refractivity contribution in [3.8, 4) is 11.5 Å². The number of methoxy groups -OCH3 is 3. The van der Waals surface area contributed by atoms with Crippen LogP contribution in [0.1, 0.15) is 12.8 Å². The lowest BCUT2D eigenvalue weighted by Gasteiger charge is -2.38. The first-order chi connectivity index (χ1) is 19.4. The normalized spacial score (nSPS) is 14.9. The van der Waals surface area contributed by atoms with E-state index in [1.54, 1.807) is 7.11 Å². The van der Waals surface area contributed by atoms with Crippen molar-refractivity contribution in [2.45, 2.75) is 18.9 Å². The molecule has 12 heteroatoms. The van der Waals surface area contributed by atoms with Crippen molar-refractivity contribution in [3.05, 3.63) is 47.2 Å². The molecule has 1 atom stereocenters. The van der Waals surface area contributed by atoms with E-state index in [1.807, 2.05) is 36.4 Å². The highest BCUT2D eigenvalue weighted by Crippen LogP contribution is 2.35. The zero-order chi connectivity index (χ0) is 28.5. The molecule has 1 N–H and O–H groups in total. The van der Waals surface area contributed by atoms with Gasteiger partial charge in [-0.3, -0.25) is 19.4 Å². The summed E-state index contributed by atoms with van der Waals surface area (Å²) in [4.78, 5) is 37.1. The Balaban J connectivity index is 1.37. The molecule has 0 spiro atoms. The third-order valence-electron chi connectivity index (χ3n) is 6.84. The van der Waals surface area contributed by atoms with Crippen LogP contribution in [-0.4, -0.2) is 98.4 Å². The molecule has 2 heterocycles. The molecule has 0 saturated carbocycles. The molecular formula is C28H34BrN5O6. The number of anilines is 2. The summed E-state index contributed by atoms with van der Waals surface area (Å²) in [6.45, 7) is 4.04. The van der Waals surface area contributed by atoms with Crippen molar-refractivity contribution < 1.29 is 28.5 Å². The fourth-order valence-electron chi connectivity index (χ4n) is 4.66. The first-order valence-corrected chi connectivity index (χ1v) is 13.8. The van der Waals surface area contributed by atoms with E-state index in [-0.39, 0.29) is 18.4 Å². The zero-order valence-electron chi connectivity index (χ0n) is 22.9. The summed E-state index contributed by atoms with van der Waals surface area (Å²) >= 11 is 3.50. The molecule has 0 bridgehead atoms. The van der Waals surface area contributed by atoms with Crippen LogP contribution in [0.5, 0.6) is 11.5 Å². The SMILES string of the molecule is COC(=O)CCC(C(=O)OC)N1CCN(CCOc2cc3c(Nc4cccc(Br)c4)ncnc3cc2OC)CC1. The highest BCUT2D eigenvalue weighted by atomic mass is 79.9. The van der Waals surface area contributed by atoms with Gasteiger partial charge in [-0.05, 0) is 30.7 Å². The Labute approximate surface area is 241 Å². The molecule has 11 nitrogen and oxygen atoms in total. The molecule has 1 unspecified atom stereocenters. The molecule has 0 radical (unpaired) electrons. The highest BCUT2D eigenvalue weighted by molar-refractivity contribution is 9.10. The van der Waals surface area contributed by atoms with Crippen LogP contribution in [0.25, 0.3) is 10.9 Å². The van der Waals surface area contributed by atoms with E-state index >= 15 is 0 Å². The van der Waals surface area contributed by atoms with Gasteiger partial charge >= 0.3 is 11.9 Å². The van der Waals surface area contributed by atoms with Crippen molar-refractivity contribution in [2.24, 2.45) is 0 Å². The van der Waals surface area contributed by atoms with Gasteiger partial charge in [-0.15, -0.1) is 0 Å². The molecule has 4 rings (SSSR count). The van der Waals surface area contributed by atoms with Crippen molar-refractivity contribution >= 4 is 50.3 Å². The maximum absolute atomic E-state index is 12.3. The largest absolute Gasteiger partial charge is 0.493 e. The predicted octanol–water partition coefficient (Wildman–Crippen LogP) is 3.64. The average molecular weight is 617 g/mol. The minimum absolute atomic E-state index is 0.170. The summed E-state index contributed by atoms with van der Waals surface area (Å²) in [7, 11) is 4.32. The Morgan fingerprint density at radius 2 is 1.82 bits per heavy atom. The third-order valence-corrected chi connectivity index (χ3v) is 7.34. The Hall–Kier alpha value is -3.48. The molecule has 2 aromatic carbocycles. The minimum atomic E-state index is -0.466. The Kier molecular flexibility index (Phi) is 10.5. The van der Waals surface area contributed by atoms with E-state index in [9.17, 15) is 9.59 Å².